The van der Waals surface area contributed by atoms with Gasteiger partial charge >= 0.3 is 0 Å². The molecule has 1 aliphatic heterocycles. The first kappa shape index (κ1) is 15.0. The first-order valence-electron chi connectivity index (χ1n) is 5.77. The van der Waals surface area contributed by atoms with E-state index in [-0.39, 0.29) is 11.4 Å². The van der Waals surface area contributed by atoms with E-state index in [2.05, 4.69) is 31.9 Å². The molecule has 1 amide bonds. The highest BCUT2D eigenvalue weighted by molar-refractivity contribution is 9.25. The van der Waals surface area contributed by atoms with Gasteiger partial charge in [-0.1, -0.05) is 49.6 Å². The third-order valence-corrected chi connectivity index (χ3v) is 6.27. The minimum Gasteiger partial charge on any atom is -0.271 e. The fourth-order valence-electron chi connectivity index (χ4n) is 1.90. The summed E-state index contributed by atoms with van der Waals surface area (Å²) < 4.78 is 24.9. The summed E-state index contributed by atoms with van der Waals surface area (Å²) in [7, 11) is -3.78. The number of halogens is 2. The summed E-state index contributed by atoms with van der Waals surface area (Å²) in [5.74, 6) is -0.473. The Morgan fingerprint density at radius 3 is 2.37 bits per heavy atom. The maximum absolute atomic E-state index is 12.5. The van der Waals surface area contributed by atoms with Gasteiger partial charge in [-0.3, -0.25) is 4.79 Å². The fourth-order valence-corrected chi connectivity index (χ4v) is 4.60. The Bertz CT molecular complexity index is 596. The SMILES string of the molecule is Cc1ccc(S(=O)(=O)N2CCCC(Br)(Br)C2=O)cc1. The monoisotopic (exact) mass is 409 g/mol. The summed E-state index contributed by atoms with van der Waals surface area (Å²) >= 11 is 6.47. The molecular formula is C12H13Br2NO3S. The Balaban J connectivity index is 2.39. The van der Waals surface area contributed by atoms with Crippen LogP contribution >= 0.6 is 31.9 Å². The third kappa shape index (κ3) is 2.87. The number of hydrogen-bond donors (Lipinski definition) is 0. The molecule has 0 radical (unpaired) electrons. The summed E-state index contributed by atoms with van der Waals surface area (Å²) in [6.45, 7) is 2.10. The number of amides is 1. The molecule has 1 aromatic carbocycles. The smallest absolute Gasteiger partial charge is 0.266 e. The number of piperidine rings is 1. The average molecular weight is 411 g/mol. The zero-order chi connectivity index (χ0) is 14.3. The van der Waals surface area contributed by atoms with E-state index in [0.717, 1.165) is 9.87 Å². The first-order chi connectivity index (χ1) is 8.75. The van der Waals surface area contributed by atoms with Crippen LogP contribution in [-0.4, -0.2) is 28.4 Å². The second-order valence-electron chi connectivity index (χ2n) is 4.50. The van der Waals surface area contributed by atoms with Crippen molar-refractivity contribution in [1.82, 2.24) is 4.31 Å². The van der Waals surface area contributed by atoms with Gasteiger partial charge in [-0.05, 0) is 31.9 Å². The highest BCUT2D eigenvalue weighted by Gasteiger charge is 2.44. The van der Waals surface area contributed by atoms with Crippen LogP contribution in [0.25, 0.3) is 0 Å². The van der Waals surface area contributed by atoms with E-state index in [4.69, 9.17) is 0 Å². The summed E-state index contributed by atoms with van der Waals surface area (Å²) in [6.07, 6.45) is 1.18. The number of benzene rings is 1. The molecule has 1 fully saturated rings. The zero-order valence-corrected chi connectivity index (χ0v) is 14.3. The van der Waals surface area contributed by atoms with Gasteiger partial charge in [0.1, 0.15) is 0 Å². The maximum Gasteiger partial charge on any atom is 0.266 e. The quantitative estimate of drug-likeness (QED) is 0.704. The van der Waals surface area contributed by atoms with Crippen molar-refractivity contribution in [1.29, 1.82) is 0 Å². The second-order valence-corrected chi connectivity index (χ2v) is 10.1. The van der Waals surface area contributed by atoms with Gasteiger partial charge in [0.15, 0.2) is 3.23 Å². The molecule has 1 aromatic rings. The Morgan fingerprint density at radius 1 is 1.21 bits per heavy atom. The molecule has 0 unspecified atom stereocenters. The number of hydrogen-bond acceptors (Lipinski definition) is 3. The van der Waals surface area contributed by atoms with Gasteiger partial charge in [0.25, 0.3) is 15.9 Å². The van der Waals surface area contributed by atoms with E-state index in [1.807, 2.05) is 6.92 Å². The predicted molar refractivity (Wildman–Crippen MR) is 79.9 cm³/mol. The highest BCUT2D eigenvalue weighted by Crippen LogP contribution is 2.38. The standard InChI is InChI=1S/C12H13Br2NO3S/c1-9-3-5-10(6-4-9)19(17,18)15-8-2-7-12(13,14)11(15)16/h3-6H,2,7-8H2,1H3. The van der Waals surface area contributed by atoms with Crippen molar-refractivity contribution in [3.05, 3.63) is 29.8 Å². The van der Waals surface area contributed by atoms with Gasteiger partial charge < -0.3 is 0 Å². The number of carbonyl (C=O) groups excluding carboxylic acids is 1. The lowest BCUT2D eigenvalue weighted by molar-refractivity contribution is -0.128. The lowest BCUT2D eigenvalue weighted by atomic mass is 10.1. The number of sulfonamides is 1. The van der Waals surface area contributed by atoms with Crippen molar-refractivity contribution in [2.45, 2.75) is 27.9 Å². The van der Waals surface area contributed by atoms with Crippen LogP contribution in [0.15, 0.2) is 29.2 Å². The number of aryl methyl sites for hydroxylation is 1. The molecule has 19 heavy (non-hydrogen) atoms. The molecule has 0 aliphatic carbocycles. The molecule has 104 valence electrons. The van der Waals surface area contributed by atoms with Crippen molar-refractivity contribution in [3.63, 3.8) is 0 Å². The van der Waals surface area contributed by atoms with E-state index >= 15 is 0 Å². The Morgan fingerprint density at radius 2 is 1.79 bits per heavy atom. The molecule has 0 aromatic heterocycles. The molecule has 1 heterocycles. The minimum atomic E-state index is -3.78. The predicted octanol–water partition coefficient (Wildman–Crippen LogP) is 2.79. The molecule has 0 bridgehead atoms. The maximum atomic E-state index is 12.5. The normalized spacial score (nSPS) is 19.5. The zero-order valence-electron chi connectivity index (χ0n) is 10.3. The molecule has 0 saturated carbocycles. The third-order valence-electron chi connectivity index (χ3n) is 3.00. The minimum absolute atomic E-state index is 0.143. The molecule has 0 N–H and O–H groups in total. The topological polar surface area (TPSA) is 54.5 Å². The lowest BCUT2D eigenvalue weighted by Gasteiger charge is -2.33. The highest BCUT2D eigenvalue weighted by atomic mass is 79.9. The Labute approximate surface area is 129 Å². The summed E-state index contributed by atoms with van der Waals surface area (Å²) in [4.78, 5) is 12.3. The van der Waals surface area contributed by atoms with E-state index in [1.165, 1.54) is 12.1 Å². The average Bonchev–Trinajstić information content (AvgIpc) is 2.33. The van der Waals surface area contributed by atoms with Crippen LogP contribution < -0.4 is 0 Å². The molecule has 2 rings (SSSR count). The van der Waals surface area contributed by atoms with Gasteiger partial charge in [0.05, 0.1) is 4.90 Å². The molecule has 0 atom stereocenters. The molecule has 0 spiro atoms. The van der Waals surface area contributed by atoms with Crippen LogP contribution in [0.1, 0.15) is 18.4 Å². The van der Waals surface area contributed by atoms with Crippen LogP contribution in [0.5, 0.6) is 0 Å². The Kier molecular flexibility index (Phi) is 4.09. The number of carbonyl (C=O) groups is 1. The first-order valence-corrected chi connectivity index (χ1v) is 8.79. The van der Waals surface area contributed by atoms with Crippen LogP contribution in [0.2, 0.25) is 0 Å². The van der Waals surface area contributed by atoms with Crippen LogP contribution in [0.3, 0.4) is 0 Å². The Hall–Kier alpha value is -0.400. The van der Waals surface area contributed by atoms with Crippen molar-refractivity contribution in [2.24, 2.45) is 0 Å². The van der Waals surface area contributed by atoms with Gasteiger partial charge in [-0.2, -0.15) is 0 Å². The molecule has 4 nitrogen and oxygen atoms in total. The number of rotatable bonds is 2. The van der Waals surface area contributed by atoms with Crippen molar-refractivity contribution >= 4 is 47.8 Å². The van der Waals surface area contributed by atoms with E-state index in [1.54, 1.807) is 12.1 Å². The molecule has 1 saturated heterocycles. The molecule has 7 heteroatoms. The van der Waals surface area contributed by atoms with Gasteiger partial charge in [-0.15, -0.1) is 0 Å². The number of nitrogens with zero attached hydrogens (tertiary/aromatic N) is 1. The van der Waals surface area contributed by atoms with Gasteiger partial charge in [0, 0.05) is 6.54 Å². The largest absolute Gasteiger partial charge is 0.271 e. The van der Waals surface area contributed by atoms with Crippen molar-refractivity contribution < 1.29 is 13.2 Å². The molecule has 1 aliphatic rings. The molecular weight excluding hydrogens is 398 g/mol. The number of alkyl halides is 2. The van der Waals surface area contributed by atoms with Crippen LogP contribution in [0.4, 0.5) is 0 Å². The summed E-state index contributed by atoms with van der Waals surface area (Å²) in [5, 5.41) is 0. The summed E-state index contributed by atoms with van der Waals surface area (Å²) in [5.41, 5.74) is 0.972. The van der Waals surface area contributed by atoms with E-state index < -0.39 is 19.2 Å². The van der Waals surface area contributed by atoms with Gasteiger partial charge in [0.2, 0.25) is 0 Å². The van der Waals surface area contributed by atoms with Crippen LogP contribution in [0, 0.1) is 6.92 Å². The summed E-state index contributed by atoms with van der Waals surface area (Å²) in [6, 6.07) is 6.49. The van der Waals surface area contributed by atoms with Crippen molar-refractivity contribution in [2.75, 3.05) is 6.54 Å². The van der Waals surface area contributed by atoms with Gasteiger partial charge in [-0.25, -0.2) is 12.7 Å². The van der Waals surface area contributed by atoms with E-state index in [9.17, 15) is 13.2 Å². The fraction of sp³-hybridized carbons (Fsp3) is 0.417. The lowest BCUT2D eigenvalue weighted by Crippen LogP contribution is -2.49. The van der Waals surface area contributed by atoms with E-state index in [0.29, 0.717) is 12.8 Å². The van der Waals surface area contributed by atoms with Crippen LogP contribution in [-0.2, 0) is 14.8 Å². The van der Waals surface area contributed by atoms with Crippen molar-refractivity contribution in [3.8, 4) is 0 Å². The second kappa shape index (κ2) is 5.18.